The van der Waals surface area contributed by atoms with Crippen LogP contribution >= 0.6 is 0 Å². The van der Waals surface area contributed by atoms with Gasteiger partial charge in [-0.3, -0.25) is 0 Å². The first-order valence-corrected chi connectivity index (χ1v) is 8.75. The van der Waals surface area contributed by atoms with Gasteiger partial charge in [-0.1, -0.05) is 48.5 Å². The van der Waals surface area contributed by atoms with E-state index in [2.05, 4.69) is 12.1 Å². The highest BCUT2D eigenvalue weighted by molar-refractivity contribution is 5.87. The molecule has 3 heteroatoms. The fourth-order valence-electron chi connectivity index (χ4n) is 3.07. The van der Waals surface area contributed by atoms with Crippen molar-refractivity contribution in [3.63, 3.8) is 0 Å². The molecule has 0 aliphatic heterocycles. The Morgan fingerprint density at radius 1 is 0.692 bits per heavy atom. The van der Waals surface area contributed by atoms with Crippen molar-refractivity contribution in [1.29, 1.82) is 0 Å². The summed E-state index contributed by atoms with van der Waals surface area (Å²) in [6.45, 7) is 0. The SMILES string of the molecule is O=C(O)c1ccc(CCc2ccccc2CCc2ccc(F)cc2)cc1. The number of carboxylic acids is 1. The lowest BCUT2D eigenvalue weighted by molar-refractivity contribution is 0.0697. The topological polar surface area (TPSA) is 37.3 Å². The van der Waals surface area contributed by atoms with Gasteiger partial charge in [0.25, 0.3) is 0 Å². The Balaban J connectivity index is 1.63. The third kappa shape index (κ3) is 4.79. The average Bonchev–Trinajstić information content (AvgIpc) is 2.67. The Bertz CT molecular complexity index is 867. The highest BCUT2D eigenvalue weighted by Gasteiger charge is 2.05. The van der Waals surface area contributed by atoms with E-state index in [-0.39, 0.29) is 5.82 Å². The zero-order valence-electron chi connectivity index (χ0n) is 14.5. The molecule has 0 saturated heterocycles. The zero-order chi connectivity index (χ0) is 18.4. The molecule has 3 aromatic carbocycles. The summed E-state index contributed by atoms with van der Waals surface area (Å²) in [5.41, 5.74) is 5.18. The minimum absolute atomic E-state index is 0.205. The van der Waals surface area contributed by atoms with Crippen LogP contribution in [-0.2, 0) is 25.7 Å². The molecule has 0 aromatic heterocycles. The van der Waals surface area contributed by atoms with E-state index in [0.717, 1.165) is 36.8 Å². The average molecular weight is 348 g/mol. The summed E-state index contributed by atoms with van der Waals surface area (Å²) in [4.78, 5) is 10.9. The molecule has 0 aliphatic carbocycles. The number of benzene rings is 3. The molecule has 0 amide bonds. The van der Waals surface area contributed by atoms with Crippen molar-refractivity contribution in [3.8, 4) is 0 Å². The molecule has 0 fully saturated rings. The fourth-order valence-corrected chi connectivity index (χ4v) is 3.07. The number of aryl methyl sites for hydroxylation is 4. The molecule has 0 bridgehead atoms. The summed E-state index contributed by atoms with van der Waals surface area (Å²) in [7, 11) is 0. The van der Waals surface area contributed by atoms with Crippen molar-refractivity contribution in [3.05, 3.63) is 106 Å². The van der Waals surface area contributed by atoms with E-state index in [1.807, 2.05) is 36.4 Å². The Morgan fingerprint density at radius 2 is 1.15 bits per heavy atom. The number of carbonyl (C=O) groups is 1. The predicted molar refractivity (Wildman–Crippen MR) is 101 cm³/mol. The van der Waals surface area contributed by atoms with Crippen LogP contribution in [0.4, 0.5) is 4.39 Å². The van der Waals surface area contributed by atoms with Crippen LogP contribution in [0.2, 0.25) is 0 Å². The smallest absolute Gasteiger partial charge is 0.335 e. The van der Waals surface area contributed by atoms with Crippen molar-refractivity contribution in [2.24, 2.45) is 0 Å². The molecular weight excluding hydrogens is 327 g/mol. The first kappa shape index (κ1) is 17.9. The molecule has 3 rings (SSSR count). The van der Waals surface area contributed by atoms with E-state index in [1.165, 1.54) is 23.3 Å². The Morgan fingerprint density at radius 3 is 1.62 bits per heavy atom. The van der Waals surface area contributed by atoms with Crippen LogP contribution < -0.4 is 0 Å². The van der Waals surface area contributed by atoms with Crippen molar-refractivity contribution < 1.29 is 14.3 Å². The number of halogens is 1. The Kier molecular flexibility index (Phi) is 5.80. The minimum Gasteiger partial charge on any atom is -0.478 e. The number of aromatic carboxylic acids is 1. The van der Waals surface area contributed by atoms with Crippen LogP contribution in [0, 0.1) is 5.82 Å². The summed E-state index contributed by atoms with van der Waals surface area (Å²) in [6.07, 6.45) is 3.57. The van der Waals surface area contributed by atoms with Gasteiger partial charge >= 0.3 is 5.97 Å². The number of rotatable bonds is 7. The molecule has 0 spiro atoms. The highest BCUT2D eigenvalue weighted by Crippen LogP contribution is 2.16. The molecule has 26 heavy (non-hydrogen) atoms. The van der Waals surface area contributed by atoms with Crippen molar-refractivity contribution in [2.75, 3.05) is 0 Å². The minimum atomic E-state index is -0.900. The molecule has 1 N–H and O–H groups in total. The van der Waals surface area contributed by atoms with Gasteiger partial charge in [0.15, 0.2) is 0 Å². The molecule has 0 heterocycles. The van der Waals surface area contributed by atoms with Crippen LogP contribution in [0.15, 0.2) is 72.8 Å². The molecular formula is C23H21FO2. The van der Waals surface area contributed by atoms with Gasteiger partial charge in [0, 0.05) is 0 Å². The molecule has 2 nitrogen and oxygen atoms in total. The lowest BCUT2D eigenvalue weighted by Gasteiger charge is -2.10. The van der Waals surface area contributed by atoms with Crippen molar-refractivity contribution >= 4 is 5.97 Å². The normalized spacial score (nSPS) is 10.7. The second kappa shape index (κ2) is 8.43. The largest absolute Gasteiger partial charge is 0.478 e. The van der Waals surface area contributed by atoms with Crippen LogP contribution in [0.3, 0.4) is 0 Å². The van der Waals surface area contributed by atoms with Crippen LogP contribution in [0.1, 0.15) is 32.6 Å². The van der Waals surface area contributed by atoms with Crippen molar-refractivity contribution in [1.82, 2.24) is 0 Å². The predicted octanol–water partition coefficient (Wildman–Crippen LogP) is 5.09. The molecule has 0 unspecified atom stereocenters. The first-order chi connectivity index (χ1) is 12.6. The number of carboxylic acid groups (broad SMARTS) is 1. The van der Waals surface area contributed by atoms with Crippen molar-refractivity contribution in [2.45, 2.75) is 25.7 Å². The number of hydrogen-bond donors (Lipinski definition) is 1. The quantitative estimate of drug-likeness (QED) is 0.645. The summed E-state index contributed by atoms with van der Waals surface area (Å²) in [6, 6.07) is 22.1. The molecule has 0 aliphatic rings. The third-order valence-corrected chi connectivity index (χ3v) is 4.60. The molecule has 132 valence electrons. The van der Waals surface area contributed by atoms with E-state index >= 15 is 0 Å². The fraction of sp³-hybridized carbons (Fsp3) is 0.174. The molecule has 3 aromatic rings. The summed E-state index contributed by atoms with van der Waals surface area (Å²) >= 11 is 0. The Labute approximate surface area is 152 Å². The Hall–Kier alpha value is -2.94. The molecule has 0 radical (unpaired) electrons. The molecule has 0 atom stereocenters. The van der Waals surface area contributed by atoms with E-state index in [1.54, 1.807) is 12.1 Å². The first-order valence-electron chi connectivity index (χ1n) is 8.75. The van der Waals surface area contributed by atoms with Gasteiger partial charge in [-0.15, -0.1) is 0 Å². The lowest BCUT2D eigenvalue weighted by Crippen LogP contribution is -2.00. The lowest BCUT2D eigenvalue weighted by atomic mass is 9.95. The third-order valence-electron chi connectivity index (χ3n) is 4.60. The van der Waals surface area contributed by atoms with Crippen LogP contribution in [-0.4, -0.2) is 11.1 Å². The maximum Gasteiger partial charge on any atom is 0.335 e. The number of hydrogen-bond acceptors (Lipinski definition) is 1. The maximum absolute atomic E-state index is 13.0. The van der Waals surface area contributed by atoms with Gasteiger partial charge in [-0.2, -0.15) is 0 Å². The zero-order valence-corrected chi connectivity index (χ0v) is 14.5. The monoisotopic (exact) mass is 348 g/mol. The summed E-state index contributed by atoms with van der Waals surface area (Å²) in [5.74, 6) is -1.11. The van der Waals surface area contributed by atoms with E-state index in [9.17, 15) is 9.18 Å². The summed E-state index contributed by atoms with van der Waals surface area (Å²) < 4.78 is 13.0. The van der Waals surface area contributed by atoms with Gasteiger partial charge in [-0.05, 0) is 72.2 Å². The standard InChI is InChI=1S/C23H21FO2/c24-22-15-9-18(10-16-22)6-12-20-4-2-1-3-19(20)11-5-17-7-13-21(14-8-17)23(25)26/h1-4,7-10,13-16H,5-6,11-12H2,(H,25,26). The van der Waals surface area contributed by atoms with Crippen LogP contribution in [0.5, 0.6) is 0 Å². The van der Waals surface area contributed by atoms with Gasteiger partial charge in [0.2, 0.25) is 0 Å². The van der Waals surface area contributed by atoms with E-state index in [4.69, 9.17) is 5.11 Å². The second-order valence-corrected chi connectivity index (χ2v) is 6.40. The van der Waals surface area contributed by atoms with Crippen LogP contribution in [0.25, 0.3) is 0 Å². The van der Waals surface area contributed by atoms with Gasteiger partial charge in [-0.25, -0.2) is 9.18 Å². The second-order valence-electron chi connectivity index (χ2n) is 6.40. The van der Waals surface area contributed by atoms with Gasteiger partial charge in [0.1, 0.15) is 5.82 Å². The van der Waals surface area contributed by atoms with Gasteiger partial charge < -0.3 is 5.11 Å². The maximum atomic E-state index is 13.0. The van der Waals surface area contributed by atoms with Gasteiger partial charge in [0.05, 0.1) is 5.56 Å². The molecule has 0 saturated carbocycles. The van der Waals surface area contributed by atoms with E-state index in [0.29, 0.717) is 5.56 Å². The summed E-state index contributed by atoms with van der Waals surface area (Å²) in [5, 5.41) is 8.97. The highest BCUT2D eigenvalue weighted by atomic mass is 19.1. The van der Waals surface area contributed by atoms with E-state index < -0.39 is 5.97 Å².